The van der Waals surface area contributed by atoms with Crippen molar-refractivity contribution in [3.63, 3.8) is 0 Å². The van der Waals surface area contributed by atoms with Crippen molar-refractivity contribution in [2.24, 2.45) is 0 Å². The van der Waals surface area contributed by atoms with Gasteiger partial charge in [-0.1, -0.05) is 23.9 Å². The first kappa shape index (κ1) is 18.9. The molecule has 26 heavy (non-hydrogen) atoms. The fourth-order valence-electron chi connectivity index (χ4n) is 3.36. The molecule has 1 aromatic heterocycles. The number of hydrogen-bond donors (Lipinski definition) is 1. The van der Waals surface area contributed by atoms with Gasteiger partial charge in [-0.05, 0) is 44.7 Å². The molecule has 1 amide bonds. The molecule has 0 aliphatic carbocycles. The lowest BCUT2D eigenvalue weighted by Gasteiger charge is -2.33. The number of nitrogens with zero attached hydrogens (tertiary/aromatic N) is 3. The average molecular weight is 375 g/mol. The third kappa shape index (κ3) is 4.10. The third-order valence-electron chi connectivity index (χ3n) is 4.81. The summed E-state index contributed by atoms with van der Waals surface area (Å²) in [5.41, 5.74) is 0.518. The predicted molar refractivity (Wildman–Crippen MR) is 103 cm³/mol. The number of piperidine rings is 1. The van der Waals surface area contributed by atoms with Crippen LogP contribution in [0.2, 0.25) is 0 Å². The lowest BCUT2D eigenvalue weighted by molar-refractivity contribution is -0.131. The monoisotopic (exact) mass is 375 g/mol. The summed E-state index contributed by atoms with van der Waals surface area (Å²) in [7, 11) is 0. The number of amides is 1. The zero-order valence-corrected chi connectivity index (χ0v) is 15.9. The van der Waals surface area contributed by atoms with Gasteiger partial charge in [0.25, 0.3) is 5.56 Å². The molecule has 0 spiro atoms. The van der Waals surface area contributed by atoms with Crippen LogP contribution in [0.3, 0.4) is 0 Å². The minimum atomic E-state index is -0.120. The summed E-state index contributed by atoms with van der Waals surface area (Å²) < 4.78 is 1.58. The highest BCUT2D eigenvalue weighted by molar-refractivity contribution is 7.99. The molecular weight excluding hydrogens is 350 g/mol. The Morgan fingerprint density at radius 1 is 1.35 bits per heavy atom. The number of aromatic nitrogens is 2. The van der Waals surface area contributed by atoms with Crippen LogP contribution in [-0.2, 0) is 11.3 Å². The van der Waals surface area contributed by atoms with Gasteiger partial charge in [-0.25, -0.2) is 4.98 Å². The number of carbonyl (C=O) groups is 1. The molecule has 1 fully saturated rings. The molecule has 1 atom stereocenters. The number of carbonyl (C=O) groups excluding carboxylic acids is 1. The molecule has 1 aromatic carbocycles. The van der Waals surface area contributed by atoms with Crippen molar-refractivity contribution >= 4 is 28.6 Å². The Balaban J connectivity index is 1.83. The van der Waals surface area contributed by atoms with Gasteiger partial charge < -0.3 is 10.0 Å². The molecule has 140 valence electrons. The van der Waals surface area contributed by atoms with E-state index in [1.165, 1.54) is 18.2 Å². The summed E-state index contributed by atoms with van der Waals surface area (Å²) in [4.78, 5) is 31.9. The Morgan fingerprint density at radius 2 is 2.15 bits per heavy atom. The predicted octanol–water partition coefficient (Wildman–Crippen LogP) is 2.27. The normalized spacial score (nSPS) is 17.6. The van der Waals surface area contributed by atoms with Crippen LogP contribution in [0.15, 0.2) is 34.2 Å². The van der Waals surface area contributed by atoms with E-state index in [1.54, 1.807) is 10.6 Å². The third-order valence-corrected chi connectivity index (χ3v) is 5.78. The molecule has 2 heterocycles. The highest BCUT2D eigenvalue weighted by atomic mass is 32.2. The first-order valence-electron chi connectivity index (χ1n) is 9.14. The maximum absolute atomic E-state index is 12.8. The smallest absolute Gasteiger partial charge is 0.262 e. The molecule has 1 aliphatic rings. The topological polar surface area (TPSA) is 75.4 Å². The summed E-state index contributed by atoms with van der Waals surface area (Å²) in [5, 5.41) is 10.2. The van der Waals surface area contributed by atoms with E-state index < -0.39 is 0 Å². The lowest BCUT2D eigenvalue weighted by atomic mass is 10.0. The van der Waals surface area contributed by atoms with E-state index in [0.29, 0.717) is 29.0 Å². The summed E-state index contributed by atoms with van der Waals surface area (Å²) in [6.45, 7) is 3.30. The molecule has 1 saturated heterocycles. The number of aliphatic hydroxyl groups is 1. The SMILES string of the molecule is CC1CCCCN1C(=O)CSc1nc2ccccc2c(=O)n1CCCO. The maximum atomic E-state index is 12.8. The van der Waals surface area contributed by atoms with E-state index in [2.05, 4.69) is 11.9 Å². The van der Waals surface area contributed by atoms with Gasteiger partial charge in [0.1, 0.15) is 0 Å². The molecule has 3 rings (SSSR count). The van der Waals surface area contributed by atoms with Crippen molar-refractivity contribution in [2.75, 3.05) is 18.9 Å². The minimum absolute atomic E-state index is 0.00754. The first-order valence-corrected chi connectivity index (χ1v) is 10.1. The second kappa shape index (κ2) is 8.68. The summed E-state index contributed by atoms with van der Waals surface area (Å²) in [5.74, 6) is 0.368. The lowest BCUT2D eigenvalue weighted by Crippen LogP contribution is -2.43. The first-order chi connectivity index (χ1) is 12.6. The van der Waals surface area contributed by atoms with Crippen LogP contribution in [0.4, 0.5) is 0 Å². The molecule has 0 saturated carbocycles. The highest BCUT2D eigenvalue weighted by Gasteiger charge is 2.23. The van der Waals surface area contributed by atoms with Crippen molar-refractivity contribution in [3.8, 4) is 0 Å². The Kier molecular flexibility index (Phi) is 6.32. The number of benzene rings is 1. The molecule has 2 aromatic rings. The van der Waals surface area contributed by atoms with Gasteiger partial charge in [-0.15, -0.1) is 0 Å². The van der Waals surface area contributed by atoms with Gasteiger partial charge in [0.15, 0.2) is 5.16 Å². The number of aliphatic hydroxyl groups excluding tert-OH is 1. The van der Waals surface area contributed by atoms with Crippen LogP contribution < -0.4 is 5.56 Å². The van der Waals surface area contributed by atoms with Crippen molar-refractivity contribution in [1.29, 1.82) is 0 Å². The second-order valence-corrected chi connectivity index (χ2v) is 7.61. The van der Waals surface area contributed by atoms with E-state index in [1.807, 2.05) is 23.1 Å². The molecule has 0 bridgehead atoms. The molecule has 1 unspecified atom stereocenters. The van der Waals surface area contributed by atoms with Crippen LogP contribution in [0.25, 0.3) is 10.9 Å². The van der Waals surface area contributed by atoms with Gasteiger partial charge in [0.05, 0.1) is 16.7 Å². The quantitative estimate of drug-likeness (QED) is 0.619. The number of para-hydroxylation sites is 1. The Labute approximate surface area is 157 Å². The summed E-state index contributed by atoms with van der Waals surface area (Å²) in [6, 6.07) is 7.51. The number of rotatable bonds is 6. The van der Waals surface area contributed by atoms with E-state index >= 15 is 0 Å². The van der Waals surface area contributed by atoms with Crippen LogP contribution in [0, 0.1) is 0 Å². The highest BCUT2D eigenvalue weighted by Crippen LogP contribution is 2.22. The van der Waals surface area contributed by atoms with Gasteiger partial charge in [0, 0.05) is 25.7 Å². The molecular formula is C19H25N3O3S. The van der Waals surface area contributed by atoms with E-state index in [9.17, 15) is 9.59 Å². The average Bonchev–Trinajstić information content (AvgIpc) is 2.66. The number of fused-ring (bicyclic) bond motifs is 1. The van der Waals surface area contributed by atoms with Gasteiger partial charge in [0.2, 0.25) is 5.91 Å². The Morgan fingerprint density at radius 3 is 2.92 bits per heavy atom. The largest absolute Gasteiger partial charge is 0.396 e. The van der Waals surface area contributed by atoms with Crippen molar-refractivity contribution in [2.45, 2.75) is 50.4 Å². The fourth-order valence-corrected chi connectivity index (χ4v) is 4.27. The molecule has 1 N–H and O–H groups in total. The molecule has 7 heteroatoms. The van der Waals surface area contributed by atoms with Crippen LogP contribution in [0.1, 0.15) is 32.6 Å². The van der Waals surface area contributed by atoms with Gasteiger partial charge >= 0.3 is 0 Å². The fraction of sp³-hybridized carbons (Fsp3) is 0.526. The maximum Gasteiger partial charge on any atom is 0.262 e. The Bertz CT molecular complexity index is 836. The molecule has 6 nitrogen and oxygen atoms in total. The number of likely N-dealkylation sites (tertiary alicyclic amines) is 1. The second-order valence-electron chi connectivity index (χ2n) is 6.67. The number of hydrogen-bond acceptors (Lipinski definition) is 5. The van der Waals surface area contributed by atoms with Gasteiger partial charge in [-0.3, -0.25) is 14.2 Å². The van der Waals surface area contributed by atoms with Crippen molar-refractivity contribution < 1.29 is 9.90 Å². The summed E-state index contributed by atoms with van der Waals surface area (Å²) in [6.07, 6.45) is 3.75. The van der Waals surface area contributed by atoms with E-state index in [-0.39, 0.29) is 29.9 Å². The van der Waals surface area contributed by atoms with E-state index in [4.69, 9.17) is 5.11 Å². The Hall–Kier alpha value is -1.86. The minimum Gasteiger partial charge on any atom is -0.396 e. The zero-order valence-electron chi connectivity index (χ0n) is 15.1. The molecule has 1 aliphatic heterocycles. The van der Waals surface area contributed by atoms with Crippen molar-refractivity contribution in [1.82, 2.24) is 14.5 Å². The van der Waals surface area contributed by atoms with Crippen molar-refractivity contribution in [3.05, 3.63) is 34.6 Å². The zero-order chi connectivity index (χ0) is 18.5. The number of thioether (sulfide) groups is 1. The van der Waals surface area contributed by atoms with Gasteiger partial charge in [-0.2, -0.15) is 0 Å². The van der Waals surface area contributed by atoms with Crippen LogP contribution in [-0.4, -0.2) is 50.4 Å². The molecule has 0 radical (unpaired) electrons. The van der Waals surface area contributed by atoms with E-state index in [0.717, 1.165) is 19.4 Å². The van der Waals surface area contributed by atoms with Crippen LogP contribution in [0.5, 0.6) is 0 Å². The standard InChI is InChI=1S/C19H25N3O3S/c1-14-7-4-5-10-21(14)17(24)13-26-19-20-16-9-3-2-8-15(16)18(25)22(19)11-6-12-23/h2-3,8-9,14,23H,4-7,10-13H2,1H3. The summed E-state index contributed by atoms with van der Waals surface area (Å²) >= 11 is 1.31. The van der Waals surface area contributed by atoms with Crippen LogP contribution >= 0.6 is 11.8 Å².